The van der Waals surface area contributed by atoms with Crippen LogP contribution >= 0.6 is 23.4 Å². The highest BCUT2D eigenvalue weighted by Gasteiger charge is 2.20. The number of anilines is 1. The minimum Gasteiger partial charge on any atom is -0.478 e. The van der Waals surface area contributed by atoms with E-state index in [4.69, 9.17) is 16.7 Å². The highest BCUT2D eigenvalue weighted by atomic mass is 35.5. The Labute approximate surface area is 199 Å². The molecule has 1 heterocycles. The number of carbonyl (C=O) groups is 3. The number of hydrogen-bond acceptors (Lipinski definition) is 6. The number of carbonyl (C=O) groups excluding carboxylic acids is 2. The summed E-state index contributed by atoms with van der Waals surface area (Å²) in [6.45, 7) is 4.27. The van der Waals surface area contributed by atoms with Crippen LogP contribution in [0, 0.1) is 0 Å². The van der Waals surface area contributed by atoms with E-state index in [0.717, 1.165) is 0 Å². The van der Waals surface area contributed by atoms with Gasteiger partial charge in [-0.3, -0.25) is 9.59 Å². The molecule has 3 rings (SSSR count). The average Bonchev–Trinajstić information content (AvgIpc) is 3.21. The van der Waals surface area contributed by atoms with Gasteiger partial charge >= 0.3 is 5.97 Å². The average molecular weight is 488 g/mol. The van der Waals surface area contributed by atoms with Crippen molar-refractivity contribution in [2.45, 2.75) is 31.6 Å². The van der Waals surface area contributed by atoms with Gasteiger partial charge in [-0.05, 0) is 56.3 Å². The number of benzene rings is 2. The minimum atomic E-state index is -1.07. The minimum absolute atomic E-state index is 0.0565. The van der Waals surface area contributed by atoms with E-state index in [1.807, 2.05) is 11.5 Å². The second kappa shape index (κ2) is 11.0. The SMILES string of the molecule is CCn1c(SCC(=O)Nc2cccc(C(=O)O)c2)nnc1[C@@H](C)NC(=O)c1ccc(Cl)cc1. The Balaban J connectivity index is 1.62. The van der Waals surface area contributed by atoms with Gasteiger partial charge in [0.1, 0.15) is 0 Å². The summed E-state index contributed by atoms with van der Waals surface area (Å²) >= 11 is 7.07. The number of nitrogens with zero attached hydrogens (tertiary/aromatic N) is 3. The predicted molar refractivity (Wildman–Crippen MR) is 126 cm³/mol. The number of hydrogen-bond donors (Lipinski definition) is 3. The lowest BCUT2D eigenvalue weighted by atomic mass is 10.2. The van der Waals surface area contributed by atoms with E-state index in [0.29, 0.717) is 33.8 Å². The Bertz CT molecular complexity index is 1170. The smallest absolute Gasteiger partial charge is 0.335 e. The first-order chi connectivity index (χ1) is 15.8. The zero-order valence-corrected chi connectivity index (χ0v) is 19.5. The summed E-state index contributed by atoms with van der Waals surface area (Å²) in [6, 6.07) is 12.2. The maximum Gasteiger partial charge on any atom is 0.335 e. The maximum atomic E-state index is 12.5. The molecule has 0 saturated carbocycles. The van der Waals surface area contributed by atoms with E-state index in [1.54, 1.807) is 43.3 Å². The molecule has 0 aliphatic heterocycles. The molecular weight excluding hydrogens is 466 g/mol. The molecule has 0 saturated heterocycles. The van der Waals surface area contributed by atoms with Crippen LogP contribution in [-0.4, -0.2) is 43.4 Å². The van der Waals surface area contributed by atoms with Crippen molar-refractivity contribution >= 4 is 46.8 Å². The molecule has 0 aliphatic rings. The monoisotopic (exact) mass is 487 g/mol. The fraction of sp³-hybridized carbons (Fsp3) is 0.227. The summed E-state index contributed by atoms with van der Waals surface area (Å²) in [7, 11) is 0. The van der Waals surface area contributed by atoms with Crippen LogP contribution in [-0.2, 0) is 11.3 Å². The van der Waals surface area contributed by atoms with Crippen molar-refractivity contribution in [3.8, 4) is 0 Å². The Morgan fingerprint density at radius 2 is 1.85 bits per heavy atom. The van der Waals surface area contributed by atoms with Gasteiger partial charge in [0.25, 0.3) is 5.91 Å². The van der Waals surface area contributed by atoms with Crippen molar-refractivity contribution < 1.29 is 19.5 Å². The van der Waals surface area contributed by atoms with Crippen LogP contribution in [0.1, 0.15) is 46.4 Å². The lowest BCUT2D eigenvalue weighted by molar-refractivity contribution is -0.113. The summed E-state index contributed by atoms with van der Waals surface area (Å²) in [4.78, 5) is 35.9. The molecule has 1 atom stereocenters. The summed E-state index contributed by atoms with van der Waals surface area (Å²) in [5, 5.41) is 24.1. The molecule has 1 aromatic heterocycles. The van der Waals surface area contributed by atoms with Crippen LogP contribution in [0.5, 0.6) is 0 Å². The first-order valence-corrected chi connectivity index (χ1v) is 11.4. The molecule has 0 aliphatic carbocycles. The van der Waals surface area contributed by atoms with Gasteiger partial charge in [0.2, 0.25) is 5.91 Å². The molecule has 172 valence electrons. The van der Waals surface area contributed by atoms with E-state index < -0.39 is 12.0 Å². The van der Waals surface area contributed by atoms with Crippen molar-refractivity contribution in [1.82, 2.24) is 20.1 Å². The highest BCUT2D eigenvalue weighted by molar-refractivity contribution is 7.99. The first kappa shape index (κ1) is 24.3. The zero-order chi connectivity index (χ0) is 24.0. The molecule has 2 aromatic carbocycles. The van der Waals surface area contributed by atoms with Gasteiger partial charge in [0.15, 0.2) is 11.0 Å². The number of carboxylic acids is 1. The van der Waals surface area contributed by atoms with Gasteiger partial charge in [-0.1, -0.05) is 29.4 Å². The van der Waals surface area contributed by atoms with Crippen molar-refractivity contribution in [3.63, 3.8) is 0 Å². The molecular formula is C22H22ClN5O4S. The van der Waals surface area contributed by atoms with Crippen LogP contribution in [0.25, 0.3) is 0 Å². The molecule has 0 bridgehead atoms. The Morgan fingerprint density at radius 1 is 1.12 bits per heavy atom. The van der Waals surface area contributed by atoms with E-state index in [1.165, 1.54) is 23.9 Å². The fourth-order valence-corrected chi connectivity index (χ4v) is 3.96. The fourth-order valence-electron chi connectivity index (χ4n) is 3.03. The van der Waals surface area contributed by atoms with Gasteiger partial charge < -0.3 is 20.3 Å². The maximum absolute atomic E-state index is 12.5. The largest absolute Gasteiger partial charge is 0.478 e. The van der Waals surface area contributed by atoms with Gasteiger partial charge in [-0.15, -0.1) is 10.2 Å². The van der Waals surface area contributed by atoms with E-state index in [9.17, 15) is 14.4 Å². The number of amides is 2. The molecule has 3 aromatic rings. The molecule has 0 fully saturated rings. The lowest BCUT2D eigenvalue weighted by Gasteiger charge is -2.15. The molecule has 11 heteroatoms. The number of thioether (sulfide) groups is 1. The number of nitrogens with one attached hydrogen (secondary N) is 2. The third kappa shape index (κ3) is 6.33. The van der Waals surface area contributed by atoms with Crippen molar-refractivity contribution in [2.24, 2.45) is 0 Å². The second-order valence-electron chi connectivity index (χ2n) is 7.01. The van der Waals surface area contributed by atoms with Gasteiger partial charge in [-0.25, -0.2) is 4.79 Å². The summed E-state index contributed by atoms with van der Waals surface area (Å²) in [5.41, 5.74) is 0.967. The number of carboxylic acid groups (broad SMARTS) is 1. The molecule has 0 spiro atoms. The van der Waals surface area contributed by atoms with Gasteiger partial charge in [-0.2, -0.15) is 0 Å². The quantitative estimate of drug-likeness (QED) is 0.391. The van der Waals surface area contributed by atoms with Gasteiger partial charge in [0.05, 0.1) is 17.4 Å². The van der Waals surface area contributed by atoms with Crippen LogP contribution < -0.4 is 10.6 Å². The molecule has 0 unspecified atom stereocenters. The van der Waals surface area contributed by atoms with Crippen molar-refractivity contribution in [3.05, 3.63) is 70.5 Å². The first-order valence-electron chi connectivity index (χ1n) is 10.0. The Kier molecular flexibility index (Phi) is 8.07. The Hall–Kier alpha value is -3.37. The van der Waals surface area contributed by atoms with E-state index in [2.05, 4.69) is 20.8 Å². The summed E-state index contributed by atoms with van der Waals surface area (Å²) < 4.78 is 1.83. The van der Waals surface area contributed by atoms with E-state index in [-0.39, 0.29) is 23.1 Å². The standard InChI is InChI=1S/C22H22ClN5O4S/c1-3-28-19(13(2)24-20(30)14-7-9-16(23)10-8-14)26-27-22(28)33-12-18(29)25-17-6-4-5-15(11-17)21(31)32/h4-11,13H,3,12H2,1-2H3,(H,24,30)(H,25,29)(H,31,32)/t13-/m1/s1. The molecule has 3 N–H and O–H groups in total. The van der Waals surface area contributed by atoms with Crippen LogP contribution in [0.15, 0.2) is 53.7 Å². The topological polar surface area (TPSA) is 126 Å². The van der Waals surface area contributed by atoms with Crippen LogP contribution in [0.4, 0.5) is 5.69 Å². The molecule has 33 heavy (non-hydrogen) atoms. The Morgan fingerprint density at radius 3 is 2.52 bits per heavy atom. The number of aromatic carboxylic acids is 1. The third-order valence-corrected chi connectivity index (χ3v) is 5.85. The normalized spacial score (nSPS) is 11.6. The predicted octanol–water partition coefficient (Wildman–Crippen LogP) is 3.87. The van der Waals surface area contributed by atoms with E-state index >= 15 is 0 Å². The van der Waals surface area contributed by atoms with Crippen LogP contribution in [0.3, 0.4) is 0 Å². The summed E-state index contributed by atoms with van der Waals surface area (Å²) in [5.74, 6) is -1.01. The molecule has 9 nitrogen and oxygen atoms in total. The molecule has 2 amide bonds. The zero-order valence-electron chi connectivity index (χ0n) is 17.9. The number of halogens is 1. The van der Waals surface area contributed by atoms with Gasteiger partial charge in [0, 0.05) is 22.8 Å². The number of aromatic nitrogens is 3. The second-order valence-corrected chi connectivity index (χ2v) is 8.39. The number of rotatable bonds is 9. The third-order valence-electron chi connectivity index (χ3n) is 4.63. The lowest BCUT2D eigenvalue weighted by Crippen LogP contribution is -2.28. The summed E-state index contributed by atoms with van der Waals surface area (Å²) in [6.07, 6.45) is 0. The van der Waals surface area contributed by atoms with Crippen molar-refractivity contribution in [1.29, 1.82) is 0 Å². The molecule has 0 radical (unpaired) electrons. The van der Waals surface area contributed by atoms with Crippen LogP contribution in [0.2, 0.25) is 5.02 Å². The highest BCUT2D eigenvalue weighted by Crippen LogP contribution is 2.21. The van der Waals surface area contributed by atoms with Crippen molar-refractivity contribution in [2.75, 3.05) is 11.1 Å².